The molecule has 5 rings (SSSR count). The lowest BCUT2D eigenvalue weighted by Gasteiger charge is -2.41. The van der Waals surface area contributed by atoms with Crippen LogP contribution in [0.25, 0.3) is 22.4 Å². The van der Waals surface area contributed by atoms with E-state index in [0.717, 1.165) is 29.9 Å². The molecule has 0 unspecified atom stereocenters. The smallest absolute Gasteiger partial charge is 0.335 e. The summed E-state index contributed by atoms with van der Waals surface area (Å²) in [6.07, 6.45) is 3.70. The summed E-state index contributed by atoms with van der Waals surface area (Å²) < 4.78 is 1.92. The Morgan fingerprint density at radius 1 is 1.06 bits per heavy atom. The van der Waals surface area contributed by atoms with Gasteiger partial charge < -0.3 is 20.8 Å². The first-order valence-electron chi connectivity index (χ1n) is 11.7. The number of carboxylic acids is 1. The van der Waals surface area contributed by atoms with Gasteiger partial charge in [0.2, 0.25) is 0 Å². The third-order valence-corrected chi connectivity index (χ3v) is 6.56. The number of benzene rings is 2. The molecule has 0 bridgehead atoms. The SMILES string of the molecule is CC(C)(C)c1cc(N2CC(n3cc(-c4cc(-c5ccccc5O)nnc4N)cn3)C2)ccc1C(=O)O. The van der Waals surface area contributed by atoms with E-state index in [-0.39, 0.29) is 23.0 Å². The van der Waals surface area contributed by atoms with Gasteiger partial charge in [0.15, 0.2) is 5.82 Å². The van der Waals surface area contributed by atoms with E-state index in [1.54, 1.807) is 30.5 Å². The Morgan fingerprint density at radius 2 is 1.81 bits per heavy atom. The molecule has 0 amide bonds. The Bertz CT molecular complexity index is 1450. The number of aromatic hydroxyl groups is 1. The van der Waals surface area contributed by atoms with Gasteiger partial charge >= 0.3 is 5.97 Å². The fraction of sp³-hybridized carbons (Fsp3) is 0.259. The monoisotopic (exact) mass is 484 g/mol. The number of aromatic nitrogens is 4. The molecule has 1 fully saturated rings. The van der Waals surface area contributed by atoms with E-state index in [2.05, 4.69) is 20.2 Å². The number of anilines is 2. The highest BCUT2D eigenvalue weighted by molar-refractivity contribution is 5.90. The molecule has 0 atom stereocenters. The fourth-order valence-corrected chi connectivity index (χ4v) is 4.50. The van der Waals surface area contributed by atoms with Crippen molar-refractivity contribution in [2.75, 3.05) is 23.7 Å². The van der Waals surface area contributed by atoms with Gasteiger partial charge in [0.05, 0.1) is 23.5 Å². The largest absolute Gasteiger partial charge is 0.507 e. The van der Waals surface area contributed by atoms with Crippen LogP contribution < -0.4 is 10.6 Å². The average molecular weight is 485 g/mol. The number of hydrogen-bond donors (Lipinski definition) is 3. The third kappa shape index (κ3) is 4.24. The van der Waals surface area contributed by atoms with Gasteiger partial charge in [0, 0.05) is 41.7 Å². The van der Waals surface area contributed by atoms with E-state index in [4.69, 9.17) is 5.73 Å². The van der Waals surface area contributed by atoms with Crippen LogP contribution in [0.4, 0.5) is 11.5 Å². The first-order valence-corrected chi connectivity index (χ1v) is 11.7. The summed E-state index contributed by atoms with van der Waals surface area (Å²) >= 11 is 0. The van der Waals surface area contributed by atoms with Crippen LogP contribution in [0.3, 0.4) is 0 Å². The van der Waals surface area contributed by atoms with Crippen molar-refractivity contribution in [2.45, 2.75) is 32.2 Å². The van der Waals surface area contributed by atoms with Crippen LogP contribution in [0.5, 0.6) is 5.75 Å². The standard InChI is InChI=1S/C27H28N6O3/c1-27(2,3)22-10-17(8-9-19(22)26(35)36)32-14-18(15-32)33-13-16(12-29-33)21-11-23(30-31-25(21)28)20-6-4-5-7-24(20)34/h4-13,18,34H,14-15H2,1-3H3,(H2,28,31)(H,35,36). The molecule has 0 radical (unpaired) electrons. The van der Waals surface area contributed by atoms with E-state index in [0.29, 0.717) is 22.4 Å². The Morgan fingerprint density at radius 3 is 2.50 bits per heavy atom. The molecule has 184 valence electrons. The topological polar surface area (TPSA) is 130 Å². The number of nitrogens with two attached hydrogens (primary N) is 1. The van der Waals surface area contributed by atoms with Crippen molar-refractivity contribution in [3.05, 3.63) is 72.1 Å². The van der Waals surface area contributed by atoms with E-state index >= 15 is 0 Å². The van der Waals surface area contributed by atoms with E-state index < -0.39 is 5.97 Å². The molecule has 4 N–H and O–H groups in total. The summed E-state index contributed by atoms with van der Waals surface area (Å²) in [6, 6.07) is 14.5. The number of phenolic OH excluding ortho intramolecular Hbond substituents is 1. The lowest BCUT2D eigenvalue weighted by molar-refractivity contribution is 0.0694. The molecule has 3 heterocycles. The predicted octanol–water partition coefficient (Wildman–Crippen LogP) is 4.35. The zero-order valence-corrected chi connectivity index (χ0v) is 20.4. The summed E-state index contributed by atoms with van der Waals surface area (Å²) in [5.74, 6) is -0.497. The van der Waals surface area contributed by atoms with Crippen molar-refractivity contribution in [2.24, 2.45) is 0 Å². The predicted molar refractivity (Wildman–Crippen MR) is 138 cm³/mol. The molecule has 2 aromatic heterocycles. The minimum atomic E-state index is -0.910. The quantitative estimate of drug-likeness (QED) is 0.381. The lowest BCUT2D eigenvalue weighted by atomic mass is 9.83. The van der Waals surface area contributed by atoms with E-state index in [1.165, 1.54) is 0 Å². The number of rotatable bonds is 5. The summed E-state index contributed by atoms with van der Waals surface area (Å²) in [5, 5.41) is 32.6. The van der Waals surface area contributed by atoms with Crippen molar-refractivity contribution >= 4 is 17.5 Å². The van der Waals surface area contributed by atoms with Crippen LogP contribution >= 0.6 is 0 Å². The number of phenols is 1. The number of carboxylic acid groups (broad SMARTS) is 1. The minimum Gasteiger partial charge on any atom is -0.507 e. The Balaban J connectivity index is 1.35. The maximum absolute atomic E-state index is 11.7. The van der Waals surface area contributed by atoms with Gasteiger partial charge in [0.1, 0.15) is 5.75 Å². The number of aromatic carboxylic acids is 1. The average Bonchev–Trinajstić information content (AvgIpc) is 3.27. The van der Waals surface area contributed by atoms with Crippen LogP contribution in [0, 0.1) is 0 Å². The maximum atomic E-state index is 11.7. The van der Waals surface area contributed by atoms with Crippen LogP contribution in [0.15, 0.2) is 60.9 Å². The Labute approximate surface area is 208 Å². The molecule has 1 saturated heterocycles. The second kappa shape index (κ2) is 8.67. The summed E-state index contributed by atoms with van der Waals surface area (Å²) in [4.78, 5) is 13.9. The molecular weight excluding hydrogens is 456 g/mol. The fourth-order valence-electron chi connectivity index (χ4n) is 4.50. The van der Waals surface area contributed by atoms with Crippen LogP contribution in [-0.2, 0) is 5.41 Å². The zero-order chi connectivity index (χ0) is 25.6. The molecule has 1 aliphatic rings. The normalized spacial score (nSPS) is 14.0. The highest BCUT2D eigenvalue weighted by atomic mass is 16.4. The zero-order valence-electron chi connectivity index (χ0n) is 20.4. The number of nitrogens with zero attached hydrogens (tertiary/aromatic N) is 5. The molecule has 4 aromatic rings. The van der Waals surface area contributed by atoms with Gasteiger partial charge in [-0.05, 0) is 47.4 Å². The van der Waals surface area contributed by atoms with Gasteiger partial charge in [-0.1, -0.05) is 32.9 Å². The van der Waals surface area contributed by atoms with Gasteiger partial charge in [-0.15, -0.1) is 10.2 Å². The number of para-hydroxylation sites is 1. The Kier molecular flexibility index (Phi) is 5.62. The van der Waals surface area contributed by atoms with Crippen molar-refractivity contribution in [1.82, 2.24) is 20.0 Å². The number of hydrogen-bond acceptors (Lipinski definition) is 7. The van der Waals surface area contributed by atoms with E-state index in [9.17, 15) is 15.0 Å². The van der Waals surface area contributed by atoms with E-state index in [1.807, 2.05) is 55.9 Å². The molecule has 0 aliphatic carbocycles. The lowest BCUT2D eigenvalue weighted by Crippen LogP contribution is -2.48. The molecule has 0 saturated carbocycles. The highest BCUT2D eigenvalue weighted by Gasteiger charge is 2.31. The molecule has 2 aromatic carbocycles. The van der Waals surface area contributed by atoms with Crippen LogP contribution in [0.2, 0.25) is 0 Å². The molecule has 9 heteroatoms. The first-order chi connectivity index (χ1) is 17.1. The molecule has 9 nitrogen and oxygen atoms in total. The number of nitrogen functional groups attached to an aromatic ring is 1. The Hall–Kier alpha value is -4.40. The van der Waals surface area contributed by atoms with Gasteiger partial charge in [-0.25, -0.2) is 4.79 Å². The first kappa shape index (κ1) is 23.3. The molecule has 0 spiro atoms. The second-order valence-electron chi connectivity index (χ2n) is 10.1. The van der Waals surface area contributed by atoms with Crippen molar-refractivity contribution < 1.29 is 15.0 Å². The summed E-state index contributed by atoms with van der Waals surface area (Å²) in [6.45, 7) is 7.57. The van der Waals surface area contributed by atoms with Gasteiger partial charge in [-0.3, -0.25) is 4.68 Å². The van der Waals surface area contributed by atoms with Crippen LogP contribution in [0.1, 0.15) is 42.7 Å². The van der Waals surface area contributed by atoms with Gasteiger partial charge in [0.25, 0.3) is 0 Å². The van der Waals surface area contributed by atoms with Crippen molar-refractivity contribution in [3.8, 4) is 28.1 Å². The minimum absolute atomic E-state index is 0.124. The molecule has 1 aliphatic heterocycles. The van der Waals surface area contributed by atoms with Crippen molar-refractivity contribution in [1.29, 1.82) is 0 Å². The van der Waals surface area contributed by atoms with Crippen LogP contribution in [-0.4, -0.2) is 49.2 Å². The summed E-state index contributed by atoms with van der Waals surface area (Å²) in [7, 11) is 0. The maximum Gasteiger partial charge on any atom is 0.335 e. The third-order valence-electron chi connectivity index (χ3n) is 6.56. The van der Waals surface area contributed by atoms with Crippen molar-refractivity contribution in [3.63, 3.8) is 0 Å². The summed E-state index contributed by atoms with van der Waals surface area (Å²) in [5.41, 5.74) is 10.6. The molecular formula is C27H28N6O3. The highest BCUT2D eigenvalue weighted by Crippen LogP contribution is 2.35. The van der Waals surface area contributed by atoms with Gasteiger partial charge in [-0.2, -0.15) is 5.10 Å². The second-order valence-corrected chi connectivity index (χ2v) is 10.1. The molecule has 36 heavy (non-hydrogen) atoms. The number of carbonyl (C=O) groups is 1.